The first-order valence-corrected chi connectivity index (χ1v) is 8.24. The first-order valence-electron chi connectivity index (χ1n) is 8.24. The third kappa shape index (κ3) is 3.28. The van der Waals surface area contributed by atoms with Crippen LogP contribution in [0.4, 0.5) is 0 Å². The van der Waals surface area contributed by atoms with Gasteiger partial charge in [-0.2, -0.15) is 5.10 Å². The maximum Gasteiger partial charge on any atom is 0.227 e. The number of ether oxygens (including phenoxy) is 1. The summed E-state index contributed by atoms with van der Waals surface area (Å²) < 4.78 is 5.22. The summed E-state index contributed by atoms with van der Waals surface area (Å²) in [7, 11) is 1.66. The van der Waals surface area contributed by atoms with Crippen LogP contribution in [0.15, 0.2) is 24.3 Å². The minimum Gasteiger partial charge on any atom is -0.497 e. The summed E-state index contributed by atoms with van der Waals surface area (Å²) in [6.45, 7) is 6.20. The van der Waals surface area contributed by atoms with E-state index in [9.17, 15) is 4.79 Å². The Hall–Kier alpha value is -2.34. The minimum absolute atomic E-state index is 0.0460. The van der Waals surface area contributed by atoms with E-state index in [-0.39, 0.29) is 11.9 Å². The topological polar surface area (TPSA) is 70.2 Å². The standard InChI is InChI=1S/C18H24N4O2/c1-12-16(13(2)21-20-12)10-18(23)22-9-8-19-11-17(22)14-4-6-15(24-3)7-5-14/h4-7,17,19H,8-11H2,1-3H3,(H,20,21)/t17-/m0/s1. The number of aromatic nitrogens is 2. The Morgan fingerprint density at radius 3 is 2.71 bits per heavy atom. The summed E-state index contributed by atoms with van der Waals surface area (Å²) in [6.07, 6.45) is 0.390. The summed E-state index contributed by atoms with van der Waals surface area (Å²) in [4.78, 5) is 14.9. The number of hydrogen-bond acceptors (Lipinski definition) is 4. The SMILES string of the molecule is COc1ccc([C@@H]2CNCCN2C(=O)Cc2c(C)n[nH]c2C)cc1. The number of hydrogen-bond donors (Lipinski definition) is 2. The van der Waals surface area contributed by atoms with Crippen LogP contribution in [-0.2, 0) is 11.2 Å². The molecule has 0 unspecified atom stereocenters. The van der Waals surface area contributed by atoms with E-state index in [4.69, 9.17) is 4.74 Å². The van der Waals surface area contributed by atoms with Crippen LogP contribution in [-0.4, -0.2) is 47.7 Å². The summed E-state index contributed by atoms with van der Waals surface area (Å²) in [5.74, 6) is 0.968. The molecule has 6 heteroatoms. The third-order valence-electron chi connectivity index (χ3n) is 4.67. The van der Waals surface area contributed by atoms with Crippen LogP contribution < -0.4 is 10.1 Å². The monoisotopic (exact) mass is 328 g/mol. The first-order chi connectivity index (χ1) is 11.6. The zero-order chi connectivity index (χ0) is 17.1. The van der Waals surface area contributed by atoms with Gasteiger partial charge in [0.05, 0.1) is 25.3 Å². The largest absolute Gasteiger partial charge is 0.497 e. The van der Waals surface area contributed by atoms with Gasteiger partial charge in [0.2, 0.25) is 5.91 Å². The molecule has 1 atom stereocenters. The molecule has 0 bridgehead atoms. The van der Waals surface area contributed by atoms with Gasteiger partial charge in [-0.15, -0.1) is 0 Å². The molecule has 128 valence electrons. The Morgan fingerprint density at radius 1 is 1.33 bits per heavy atom. The molecule has 2 N–H and O–H groups in total. The molecule has 2 heterocycles. The van der Waals surface area contributed by atoms with Gasteiger partial charge in [0.25, 0.3) is 0 Å². The van der Waals surface area contributed by atoms with E-state index in [1.807, 2.05) is 43.0 Å². The van der Waals surface area contributed by atoms with Crippen molar-refractivity contribution in [3.05, 3.63) is 46.8 Å². The van der Waals surface area contributed by atoms with Gasteiger partial charge in [0.15, 0.2) is 0 Å². The Kier molecular flexibility index (Phi) is 4.85. The number of rotatable bonds is 4. The van der Waals surface area contributed by atoms with Crippen molar-refractivity contribution < 1.29 is 9.53 Å². The Labute approximate surface area is 142 Å². The second-order valence-corrected chi connectivity index (χ2v) is 6.17. The predicted octanol–water partition coefficient (Wildman–Crippen LogP) is 1.75. The van der Waals surface area contributed by atoms with E-state index in [0.29, 0.717) is 13.0 Å². The quantitative estimate of drug-likeness (QED) is 0.897. The van der Waals surface area contributed by atoms with Gasteiger partial charge in [-0.1, -0.05) is 12.1 Å². The molecule has 2 aromatic rings. The van der Waals surface area contributed by atoms with E-state index >= 15 is 0 Å². The Balaban J connectivity index is 1.79. The second-order valence-electron chi connectivity index (χ2n) is 6.17. The summed E-state index contributed by atoms with van der Waals surface area (Å²) >= 11 is 0. The molecule has 1 aromatic heterocycles. The summed E-state index contributed by atoms with van der Waals surface area (Å²) in [6, 6.07) is 7.99. The first kappa shape index (κ1) is 16.5. The van der Waals surface area contributed by atoms with Crippen molar-refractivity contribution in [3.8, 4) is 5.75 Å². The molecule has 1 amide bonds. The molecule has 0 spiro atoms. The second kappa shape index (κ2) is 7.05. The Morgan fingerprint density at radius 2 is 2.08 bits per heavy atom. The van der Waals surface area contributed by atoms with Gasteiger partial charge >= 0.3 is 0 Å². The molecule has 1 saturated heterocycles. The van der Waals surface area contributed by atoms with Crippen LogP contribution >= 0.6 is 0 Å². The lowest BCUT2D eigenvalue weighted by atomic mass is 10.0. The number of carbonyl (C=O) groups excluding carboxylic acids is 1. The average molecular weight is 328 g/mol. The van der Waals surface area contributed by atoms with Crippen LogP contribution in [0, 0.1) is 13.8 Å². The number of amides is 1. The van der Waals surface area contributed by atoms with Crippen molar-refractivity contribution in [2.75, 3.05) is 26.7 Å². The van der Waals surface area contributed by atoms with E-state index < -0.39 is 0 Å². The van der Waals surface area contributed by atoms with Crippen molar-refractivity contribution in [2.24, 2.45) is 0 Å². The molecule has 3 rings (SSSR count). The number of aromatic amines is 1. The maximum atomic E-state index is 12.9. The van der Waals surface area contributed by atoms with E-state index in [1.54, 1.807) is 7.11 Å². The molecule has 1 aliphatic heterocycles. The fourth-order valence-corrected chi connectivity index (χ4v) is 3.21. The fourth-order valence-electron chi connectivity index (χ4n) is 3.21. The highest BCUT2D eigenvalue weighted by molar-refractivity contribution is 5.80. The van der Waals surface area contributed by atoms with Gasteiger partial charge in [-0.25, -0.2) is 0 Å². The molecule has 0 saturated carbocycles. The van der Waals surface area contributed by atoms with Crippen LogP contribution in [0.2, 0.25) is 0 Å². The maximum absolute atomic E-state index is 12.9. The highest BCUT2D eigenvalue weighted by Gasteiger charge is 2.28. The van der Waals surface area contributed by atoms with E-state index in [2.05, 4.69) is 15.5 Å². The van der Waals surface area contributed by atoms with Crippen LogP contribution in [0.3, 0.4) is 0 Å². The molecule has 1 aromatic carbocycles. The number of nitrogens with one attached hydrogen (secondary N) is 2. The smallest absolute Gasteiger partial charge is 0.227 e. The lowest BCUT2D eigenvalue weighted by Gasteiger charge is -2.36. The normalized spacial score (nSPS) is 17.8. The van der Waals surface area contributed by atoms with Gasteiger partial charge in [-0.3, -0.25) is 9.89 Å². The molecule has 6 nitrogen and oxygen atoms in total. The van der Waals surface area contributed by atoms with Crippen molar-refractivity contribution in [2.45, 2.75) is 26.3 Å². The molecule has 1 fully saturated rings. The fraction of sp³-hybridized carbons (Fsp3) is 0.444. The van der Waals surface area contributed by atoms with Crippen LogP contribution in [0.1, 0.15) is 28.6 Å². The number of carbonyl (C=O) groups is 1. The summed E-state index contributed by atoms with van der Waals surface area (Å²) in [5, 5.41) is 10.5. The van der Waals surface area contributed by atoms with Crippen molar-refractivity contribution in [1.82, 2.24) is 20.4 Å². The number of methoxy groups -OCH3 is 1. The number of benzene rings is 1. The van der Waals surface area contributed by atoms with Gasteiger partial charge < -0.3 is 15.0 Å². The van der Waals surface area contributed by atoms with Crippen LogP contribution in [0.25, 0.3) is 0 Å². The van der Waals surface area contributed by atoms with Crippen LogP contribution in [0.5, 0.6) is 5.75 Å². The minimum atomic E-state index is 0.0460. The lowest BCUT2D eigenvalue weighted by molar-refractivity contribution is -0.133. The average Bonchev–Trinajstić information content (AvgIpc) is 2.93. The molecular weight excluding hydrogens is 304 g/mol. The predicted molar refractivity (Wildman–Crippen MR) is 92.1 cm³/mol. The number of piperazine rings is 1. The van der Waals surface area contributed by atoms with E-state index in [0.717, 1.165) is 41.4 Å². The highest BCUT2D eigenvalue weighted by atomic mass is 16.5. The van der Waals surface area contributed by atoms with Gasteiger partial charge in [0, 0.05) is 30.9 Å². The highest BCUT2D eigenvalue weighted by Crippen LogP contribution is 2.25. The van der Waals surface area contributed by atoms with Crippen molar-refractivity contribution in [1.29, 1.82) is 0 Å². The number of nitrogens with zero attached hydrogens (tertiary/aromatic N) is 2. The van der Waals surface area contributed by atoms with Gasteiger partial charge in [-0.05, 0) is 31.5 Å². The zero-order valence-corrected chi connectivity index (χ0v) is 14.4. The van der Waals surface area contributed by atoms with Crippen molar-refractivity contribution in [3.63, 3.8) is 0 Å². The summed E-state index contributed by atoms with van der Waals surface area (Å²) in [5.41, 5.74) is 4.00. The zero-order valence-electron chi connectivity index (χ0n) is 14.4. The lowest BCUT2D eigenvalue weighted by Crippen LogP contribution is -2.49. The third-order valence-corrected chi connectivity index (χ3v) is 4.67. The van der Waals surface area contributed by atoms with Gasteiger partial charge in [0.1, 0.15) is 5.75 Å². The Bertz CT molecular complexity index is 689. The molecule has 1 aliphatic rings. The number of H-pyrrole nitrogens is 1. The molecular formula is C18H24N4O2. The number of aryl methyl sites for hydroxylation is 2. The molecule has 0 radical (unpaired) electrons. The molecule has 24 heavy (non-hydrogen) atoms. The van der Waals surface area contributed by atoms with Crippen molar-refractivity contribution >= 4 is 5.91 Å². The van der Waals surface area contributed by atoms with E-state index in [1.165, 1.54) is 0 Å². The molecule has 0 aliphatic carbocycles.